The topological polar surface area (TPSA) is 80.1 Å². The molecule has 2 heterocycles. The average Bonchev–Trinajstić information content (AvgIpc) is 3.07. The fraction of sp³-hybridized carbons (Fsp3) is 0.286. The number of carbonyl (C=O) groups excluding carboxylic acids is 1. The number of ether oxygens (including phenoxy) is 1. The first-order valence-electron chi connectivity index (χ1n) is 9.26. The van der Waals surface area contributed by atoms with Crippen LogP contribution in [-0.4, -0.2) is 30.1 Å². The molecule has 4 rings (SSSR count). The van der Waals surface area contributed by atoms with Gasteiger partial charge in [-0.05, 0) is 61.7 Å². The van der Waals surface area contributed by atoms with Crippen LogP contribution in [0.2, 0.25) is 0 Å². The van der Waals surface area contributed by atoms with Crippen LogP contribution < -0.4 is 15.8 Å². The Labute approximate surface area is 173 Å². The molecule has 0 saturated heterocycles. The molecule has 4 N–H and O–H groups in total. The van der Waals surface area contributed by atoms with E-state index in [2.05, 4.69) is 10.3 Å². The normalized spacial score (nSPS) is 15.4. The van der Waals surface area contributed by atoms with Crippen molar-refractivity contribution in [3.8, 4) is 5.75 Å². The number of amides is 1. The molecule has 2 aromatic carbocycles. The van der Waals surface area contributed by atoms with E-state index in [1.807, 2.05) is 6.20 Å². The van der Waals surface area contributed by atoms with Gasteiger partial charge in [-0.2, -0.15) is 0 Å². The Balaban J connectivity index is 0.00000240. The number of hydrogen-bond acceptors (Lipinski definition) is 3. The van der Waals surface area contributed by atoms with E-state index in [1.54, 1.807) is 12.1 Å². The SMILES string of the molecule is Cl.NC(=O)c1ccc(F)c2c1OCC(NCCCc1c[nH]c3ccc(F)cc13)C2. The summed E-state index contributed by atoms with van der Waals surface area (Å²) in [5.41, 5.74) is 7.91. The number of aryl methyl sites for hydroxylation is 1. The maximum absolute atomic E-state index is 14.1. The monoisotopic (exact) mass is 421 g/mol. The zero-order valence-corrected chi connectivity index (χ0v) is 16.5. The number of aromatic nitrogens is 1. The van der Waals surface area contributed by atoms with Gasteiger partial charge in [0.15, 0.2) is 0 Å². The third-order valence-corrected chi connectivity index (χ3v) is 5.13. The molecular formula is C21H22ClF2N3O2. The van der Waals surface area contributed by atoms with Crippen LogP contribution in [0.1, 0.15) is 27.9 Å². The van der Waals surface area contributed by atoms with Gasteiger partial charge in [-0.15, -0.1) is 12.4 Å². The zero-order valence-electron chi connectivity index (χ0n) is 15.6. The third-order valence-electron chi connectivity index (χ3n) is 5.13. The first-order valence-corrected chi connectivity index (χ1v) is 9.26. The lowest BCUT2D eigenvalue weighted by molar-refractivity contribution is 0.0994. The van der Waals surface area contributed by atoms with Crippen LogP contribution in [0, 0.1) is 11.6 Å². The Kier molecular flexibility index (Phi) is 6.39. The first kappa shape index (κ1) is 21.1. The van der Waals surface area contributed by atoms with Gasteiger partial charge in [0.05, 0.1) is 5.56 Å². The Hall–Kier alpha value is -2.64. The molecule has 29 heavy (non-hydrogen) atoms. The van der Waals surface area contributed by atoms with Crippen molar-refractivity contribution in [1.82, 2.24) is 10.3 Å². The van der Waals surface area contributed by atoms with Crippen LogP contribution in [0.3, 0.4) is 0 Å². The van der Waals surface area contributed by atoms with Gasteiger partial charge in [0, 0.05) is 28.7 Å². The zero-order chi connectivity index (χ0) is 19.7. The van der Waals surface area contributed by atoms with E-state index in [-0.39, 0.29) is 35.6 Å². The molecule has 1 aliphatic rings. The number of carbonyl (C=O) groups is 1. The molecule has 1 unspecified atom stereocenters. The van der Waals surface area contributed by atoms with E-state index in [0.29, 0.717) is 25.1 Å². The fourth-order valence-electron chi connectivity index (χ4n) is 3.72. The fourth-order valence-corrected chi connectivity index (χ4v) is 3.72. The van der Waals surface area contributed by atoms with Crippen molar-refractivity contribution in [2.24, 2.45) is 5.73 Å². The van der Waals surface area contributed by atoms with Crippen molar-refractivity contribution in [1.29, 1.82) is 0 Å². The number of primary amides is 1. The van der Waals surface area contributed by atoms with Crippen molar-refractivity contribution >= 4 is 29.2 Å². The summed E-state index contributed by atoms with van der Waals surface area (Å²) in [7, 11) is 0. The highest BCUT2D eigenvalue weighted by Crippen LogP contribution is 2.31. The number of fused-ring (bicyclic) bond motifs is 2. The van der Waals surface area contributed by atoms with E-state index < -0.39 is 11.7 Å². The predicted octanol–water partition coefficient (Wildman–Crippen LogP) is 3.49. The molecule has 1 aliphatic heterocycles. The molecule has 0 fully saturated rings. The molecular weight excluding hydrogens is 400 g/mol. The number of nitrogens with two attached hydrogens (primary N) is 1. The number of nitrogens with one attached hydrogen (secondary N) is 2. The predicted molar refractivity (Wildman–Crippen MR) is 110 cm³/mol. The van der Waals surface area contributed by atoms with Gasteiger partial charge < -0.3 is 20.8 Å². The lowest BCUT2D eigenvalue weighted by Gasteiger charge is -2.27. The molecule has 5 nitrogen and oxygen atoms in total. The molecule has 0 bridgehead atoms. The van der Waals surface area contributed by atoms with Gasteiger partial charge >= 0.3 is 0 Å². The van der Waals surface area contributed by atoms with Gasteiger partial charge in [-0.1, -0.05) is 0 Å². The number of benzene rings is 2. The van der Waals surface area contributed by atoms with E-state index in [9.17, 15) is 13.6 Å². The van der Waals surface area contributed by atoms with E-state index in [1.165, 1.54) is 18.2 Å². The minimum absolute atomic E-state index is 0. The molecule has 0 spiro atoms. The van der Waals surface area contributed by atoms with E-state index >= 15 is 0 Å². The largest absolute Gasteiger partial charge is 0.491 e. The lowest BCUT2D eigenvalue weighted by atomic mass is 9.98. The summed E-state index contributed by atoms with van der Waals surface area (Å²) in [6.07, 6.45) is 3.98. The molecule has 0 saturated carbocycles. The minimum Gasteiger partial charge on any atom is -0.491 e. The summed E-state index contributed by atoms with van der Waals surface area (Å²) in [6, 6.07) is 7.27. The Morgan fingerprint density at radius 1 is 1.28 bits per heavy atom. The molecule has 1 atom stereocenters. The van der Waals surface area contributed by atoms with Crippen molar-refractivity contribution in [3.63, 3.8) is 0 Å². The minimum atomic E-state index is -0.627. The van der Waals surface area contributed by atoms with E-state index in [0.717, 1.165) is 29.3 Å². The standard InChI is InChI=1S/C21H21F2N3O2.ClH/c22-13-3-6-19-16(8-13)12(10-26-19)2-1-7-25-14-9-17-18(23)5-4-15(21(24)27)20(17)28-11-14;/h3-6,8,10,14,25-26H,1-2,7,9,11H2,(H2,24,27);1H. The summed E-state index contributed by atoms with van der Waals surface area (Å²) in [5, 5.41) is 4.27. The number of aromatic amines is 1. The van der Waals surface area contributed by atoms with Crippen LogP contribution >= 0.6 is 12.4 Å². The summed E-state index contributed by atoms with van der Waals surface area (Å²) in [6.45, 7) is 1.05. The highest BCUT2D eigenvalue weighted by molar-refractivity contribution is 5.96. The van der Waals surface area contributed by atoms with Crippen LogP contribution in [0.4, 0.5) is 8.78 Å². The van der Waals surface area contributed by atoms with Crippen molar-refractivity contribution in [2.75, 3.05) is 13.2 Å². The second kappa shape index (κ2) is 8.80. The van der Waals surface area contributed by atoms with Crippen LogP contribution in [0.5, 0.6) is 5.75 Å². The maximum atomic E-state index is 14.1. The molecule has 0 radical (unpaired) electrons. The van der Waals surface area contributed by atoms with Gasteiger partial charge in [0.1, 0.15) is 24.0 Å². The molecule has 154 valence electrons. The van der Waals surface area contributed by atoms with Crippen molar-refractivity contribution in [3.05, 3.63) is 64.9 Å². The summed E-state index contributed by atoms with van der Waals surface area (Å²) in [5.74, 6) is -1.02. The highest BCUT2D eigenvalue weighted by Gasteiger charge is 2.26. The molecule has 1 aromatic heterocycles. The lowest BCUT2D eigenvalue weighted by Crippen LogP contribution is -2.40. The molecule has 1 amide bonds. The number of halogens is 3. The summed E-state index contributed by atoms with van der Waals surface area (Å²) < 4.78 is 33.2. The van der Waals surface area contributed by atoms with Crippen LogP contribution in [-0.2, 0) is 12.8 Å². The van der Waals surface area contributed by atoms with Crippen LogP contribution in [0.25, 0.3) is 10.9 Å². The Morgan fingerprint density at radius 3 is 2.90 bits per heavy atom. The third kappa shape index (κ3) is 4.36. The second-order valence-electron chi connectivity index (χ2n) is 7.04. The number of H-pyrrole nitrogens is 1. The summed E-state index contributed by atoms with van der Waals surface area (Å²) >= 11 is 0. The van der Waals surface area contributed by atoms with Crippen LogP contribution in [0.15, 0.2) is 36.5 Å². The summed E-state index contributed by atoms with van der Waals surface area (Å²) in [4.78, 5) is 14.6. The molecule has 0 aliphatic carbocycles. The Bertz CT molecular complexity index is 1040. The molecule has 3 aromatic rings. The number of hydrogen-bond donors (Lipinski definition) is 3. The Morgan fingerprint density at radius 2 is 2.10 bits per heavy atom. The maximum Gasteiger partial charge on any atom is 0.252 e. The van der Waals surface area contributed by atoms with Gasteiger partial charge in [0.2, 0.25) is 0 Å². The number of rotatable bonds is 6. The molecule has 8 heteroatoms. The smallest absolute Gasteiger partial charge is 0.252 e. The van der Waals surface area contributed by atoms with Crippen molar-refractivity contribution < 1.29 is 18.3 Å². The van der Waals surface area contributed by atoms with Crippen molar-refractivity contribution in [2.45, 2.75) is 25.3 Å². The van der Waals surface area contributed by atoms with Gasteiger partial charge in [0.25, 0.3) is 5.91 Å². The van der Waals surface area contributed by atoms with Gasteiger partial charge in [-0.25, -0.2) is 8.78 Å². The second-order valence-corrected chi connectivity index (χ2v) is 7.04. The quantitative estimate of drug-likeness (QED) is 0.533. The highest BCUT2D eigenvalue weighted by atomic mass is 35.5. The van der Waals surface area contributed by atoms with E-state index in [4.69, 9.17) is 10.5 Å². The first-order chi connectivity index (χ1) is 13.5. The average molecular weight is 422 g/mol. The van der Waals surface area contributed by atoms with Gasteiger partial charge in [-0.3, -0.25) is 4.79 Å².